The third-order valence-electron chi connectivity index (χ3n) is 3.26. The molecule has 0 aliphatic carbocycles. The van der Waals surface area contributed by atoms with Crippen LogP contribution in [0.25, 0.3) is 0 Å². The van der Waals surface area contributed by atoms with Gasteiger partial charge in [0.15, 0.2) is 6.29 Å². The van der Waals surface area contributed by atoms with Crippen LogP contribution in [-0.4, -0.2) is 39.0 Å². The summed E-state index contributed by atoms with van der Waals surface area (Å²) in [5.74, 6) is -0.334. The van der Waals surface area contributed by atoms with Gasteiger partial charge < -0.3 is 19.7 Å². The number of nitrogens with one attached hydrogen (secondary N) is 1. The van der Waals surface area contributed by atoms with E-state index in [1.165, 1.54) is 37.4 Å². The van der Waals surface area contributed by atoms with Gasteiger partial charge in [0.1, 0.15) is 5.75 Å². The van der Waals surface area contributed by atoms with Crippen LogP contribution in [0.2, 0.25) is 10.0 Å². The monoisotopic (exact) mass is 421 g/mol. The number of hydrogen-bond acceptors (Lipinski definition) is 6. The second-order valence-electron chi connectivity index (χ2n) is 5.20. The van der Waals surface area contributed by atoms with Gasteiger partial charge in [-0.1, -0.05) is 23.2 Å². The lowest BCUT2D eigenvalue weighted by Gasteiger charge is -2.15. The molecular weight excluding hydrogens is 405 g/mol. The first-order valence-corrected chi connectivity index (χ1v) is 9.57. The highest BCUT2D eigenvalue weighted by Gasteiger charge is 2.18. The number of aliphatic hydroxyl groups excluding tert-OH is 1. The van der Waals surface area contributed by atoms with E-state index in [1.54, 1.807) is 0 Å². The van der Waals surface area contributed by atoms with E-state index in [0.29, 0.717) is 0 Å². The predicted octanol–water partition coefficient (Wildman–Crippen LogP) is 3.15. The van der Waals surface area contributed by atoms with E-state index in [0.717, 1.165) is 6.07 Å². The Hall–Kier alpha value is -1.55. The van der Waals surface area contributed by atoms with Crippen molar-refractivity contribution in [2.24, 2.45) is 0 Å². The summed E-state index contributed by atoms with van der Waals surface area (Å²) in [6.45, 7) is 0.402. The Balaban J connectivity index is 2.18. The minimum absolute atomic E-state index is 0.0893. The van der Waals surface area contributed by atoms with Crippen LogP contribution < -0.4 is 4.72 Å². The number of aromatic hydroxyl groups is 1. The van der Waals surface area contributed by atoms with Crippen molar-refractivity contribution < 1.29 is 28.1 Å². The smallest absolute Gasteiger partial charge is 0.261 e. The maximum absolute atomic E-state index is 12.4. The van der Waals surface area contributed by atoms with Gasteiger partial charge in [-0.05, 0) is 30.3 Å². The molecule has 0 saturated heterocycles. The molecular formula is C16H17Cl2NO6S. The van der Waals surface area contributed by atoms with Crippen LogP contribution in [0, 0.1) is 0 Å². The molecule has 2 rings (SSSR count). The van der Waals surface area contributed by atoms with Crippen molar-refractivity contribution in [2.45, 2.75) is 11.2 Å². The van der Waals surface area contributed by atoms with Gasteiger partial charge in [-0.2, -0.15) is 0 Å². The number of sulfonamides is 1. The normalized spacial score (nSPS) is 12.8. The number of halogens is 2. The summed E-state index contributed by atoms with van der Waals surface area (Å²) in [7, 11) is -2.48. The lowest BCUT2D eigenvalue weighted by atomic mass is 10.2. The molecule has 0 bridgehead atoms. The molecule has 7 nitrogen and oxygen atoms in total. The molecule has 0 amide bonds. The van der Waals surface area contributed by atoms with Crippen molar-refractivity contribution in [3.05, 3.63) is 52.0 Å². The van der Waals surface area contributed by atoms with Crippen molar-refractivity contribution in [2.75, 3.05) is 25.0 Å². The Kier molecular flexibility index (Phi) is 7.10. The number of phenolic OH excluding ortho intramolecular Hbond substituents is 1. The van der Waals surface area contributed by atoms with E-state index in [4.69, 9.17) is 32.7 Å². The quantitative estimate of drug-likeness (QED) is 0.446. The maximum atomic E-state index is 12.4. The minimum atomic E-state index is -3.97. The summed E-state index contributed by atoms with van der Waals surface area (Å²) in [6.07, 6.45) is -1.37. The molecule has 26 heavy (non-hydrogen) atoms. The number of benzene rings is 2. The molecule has 0 spiro atoms. The molecule has 0 heterocycles. The van der Waals surface area contributed by atoms with Crippen LogP contribution in [0.5, 0.6) is 5.75 Å². The number of anilines is 1. The number of ether oxygens (including phenoxy) is 2. The van der Waals surface area contributed by atoms with Crippen LogP contribution in [-0.2, 0) is 19.5 Å². The first kappa shape index (κ1) is 20.8. The summed E-state index contributed by atoms with van der Waals surface area (Å²) in [4.78, 5) is -0.124. The Morgan fingerprint density at radius 3 is 2.35 bits per heavy atom. The third kappa shape index (κ3) is 5.47. The fourth-order valence-corrected chi connectivity index (χ4v) is 3.82. The highest BCUT2D eigenvalue weighted by Crippen LogP contribution is 2.30. The molecule has 0 saturated carbocycles. The summed E-state index contributed by atoms with van der Waals surface area (Å²) >= 11 is 11.6. The number of rotatable bonds is 8. The zero-order chi connectivity index (χ0) is 19.3. The molecule has 0 aliphatic rings. The summed E-state index contributed by atoms with van der Waals surface area (Å²) in [6, 6.07) is 7.78. The highest BCUT2D eigenvalue weighted by molar-refractivity contribution is 7.92. The number of hydrogen-bond donors (Lipinski definition) is 3. The van der Waals surface area contributed by atoms with E-state index in [2.05, 4.69) is 4.72 Å². The second-order valence-corrected chi connectivity index (χ2v) is 7.76. The molecule has 0 aromatic heterocycles. The van der Waals surface area contributed by atoms with Crippen molar-refractivity contribution in [1.82, 2.24) is 0 Å². The standard InChI is InChI=1S/C16H17Cl2NO6S/c1-24-4-5-25-16(21)14-3-2-12(9-15(14)20)19-26(22,23)13-7-10(17)6-11(18)8-13/h2-3,6-9,16,19-21H,4-5H2,1H3. The zero-order valence-corrected chi connectivity index (χ0v) is 16.0. The SMILES string of the molecule is COCCOC(O)c1ccc(NS(=O)(=O)c2cc(Cl)cc(Cl)c2)cc1O. The lowest BCUT2D eigenvalue weighted by molar-refractivity contribution is -0.114. The zero-order valence-electron chi connectivity index (χ0n) is 13.6. The van der Waals surface area contributed by atoms with Gasteiger partial charge in [-0.25, -0.2) is 8.42 Å². The Morgan fingerprint density at radius 1 is 1.12 bits per heavy atom. The average molecular weight is 422 g/mol. The fourth-order valence-electron chi connectivity index (χ4n) is 2.05. The Labute approximate surface area is 161 Å². The second kappa shape index (κ2) is 8.90. The van der Waals surface area contributed by atoms with Crippen LogP contribution in [0.1, 0.15) is 11.9 Å². The Morgan fingerprint density at radius 2 is 1.77 bits per heavy atom. The van der Waals surface area contributed by atoms with E-state index in [1.807, 2.05) is 0 Å². The Bertz CT molecular complexity index is 855. The summed E-state index contributed by atoms with van der Waals surface area (Å²) in [5.41, 5.74) is 0.182. The van der Waals surface area contributed by atoms with Crippen LogP contribution in [0.4, 0.5) is 5.69 Å². The van der Waals surface area contributed by atoms with E-state index >= 15 is 0 Å². The molecule has 3 N–H and O–H groups in total. The lowest BCUT2D eigenvalue weighted by Crippen LogP contribution is -2.13. The molecule has 1 atom stereocenters. The minimum Gasteiger partial charge on any atom is -0.507 e. The first-order valence-electron chi connectivity index (χ1n) is 7.33. The summed E-state index contributed by atoms with van der Waals surface area (Å²) < 4.78 is 37.0. The molecule has 142 valence electrons. The van der Waals surface area contributed by atoms with Gasteiger partial charge >= 0.3 is 0 Å². The van der Waals surface area contributed by atoms with Gasteiger partial charge in [0.2, 0.25) is 0 Å². The van der Waals surface area contributed by atoms with E-state index in [9.17, 15) is 18.6 Å². The van der Waals surface area contributed by atoms with Crippen LogP contribution >= 0.6 is 23.2 Å². The number of aliphatic hydroxyl groups is 1. The fraction of sp³-hybridized carbons (Fsp3) is 0.250. The average Bonchev–Trinajstić information content (AvgIpc) is 2.53. The molecule has 1 unspecified atom stereocenters. The topological polar surface area (TPSA) is 105 Å². The van der Waals surface area contributed by atoms with Gasteiger partial charge in [0.05, 0.1) is 23.8 Å². The molecule has 2 aromatic rings. The van der Waals surface area contributed by atoms with Gasteiger partial charge in [-0.15, -0.1) is 0 Å². The molecule has 10 heteroatoms. The molecule has 2 aromatic carbocycles. The predicted molar refractivity (Wildman–Crippen MR) is 98.2 cm³/mol. The molecule has 0 radical (unpaired) electrons. The van der Waals surface area contributed by atoms with Crippen molar-refractivity contribution >= 4 is 38.9 Å². The van der Waals surface area contributed by atoms with Crippen molar-refractivity contribution in [3.8, 4) is 5.75 Å². The molecule has 0 aliphatic heterocycles. The van der Waals surface area contributed by atoms with Crippen molar-refractivity contribution in [3.63, 3.8) is 0 Å². The van der Waals surface area contributed by atoms with Crippen molar-refractivity contribution in [1.29, 1.82) is 0 Å². The van der Waals surface area contributed by atoms with Crippen LogP contribution in [0.3, 0.4) is 0 Å². The van der Waals surface area contributed by atoms with Gasteiger partial charge in [0.25, 0.3) is 10.0 Å². The largest absolute Gasteiger partial charge is 0.507 e. The first-order chi connectivity index (χ1) is 12.2. The number of methoxy groups -OCH3 is 1. The van der Waals surface area contributed by atoms with Gasteiger partial charge in [0, 0.05) is 28.8 Å². The van der Waals surface area contributed by atoms with Crippen LogP contribution in [0.15, 0.2) is 41.3 Å². The van der Waals surface area contributed by atoms with E-state index in [-0.39, 0.29) is 45.2 Å². The van der Waals surface area contributed by atoms with Gasteiger partial charge in [-0.3, -0.25) is 4.72 Å². The third-order valence-corrected chi connectivity index (χ3v) is 5.06. The highest BCUT2D eigenvalue weighted by atomic mass is 35.5. The van der Waals surface area contributed by atoms with E-state index < -0.39 is 16.3 Å². The maximum Gasteiger partial charge on any atom is 0.261 e. The summed E-state index contributed by atoms with van der Waals surface area (Å²) in [5, 5.41) is 20.3. The molecule has 0 fully saturated rings. The number of phenols is 1.